The summed E-state index contributed by atoms with van der Waals surface area (Å²) < 4.78 is 32.0. The van der Waals surface area contributed by atoms with Crippen LogP contribution in [0.5, 0.6) is 0 Å². The summed E-state index contributed by atoms with van der Waals surface area (Å²) in [6.45, 7) is 4.92. The molecule has 0 saturated carbocycles. The van der Waals surface area contributed by atoms with Gasteiger partial charge >= 0.3 is 0 Å². The first-order valence-electron chi connectivity index (χ1n) is 5.02. The molecule has 3 nitrogen and oxygen atoms in total. The number of carbonyl (C=O) groups excluding carboxylic acids is 1. The van der Waals surface area contributed by atoms with E-state index in [9.17, 15) is 13.6 Å². The fraction of sp³-hybridized carbons (Fsp3) is 0.900. The van der Waals surface area contributed by atoms with Crippen LogP contribution in [0.15, 0.2) is 0 Å². The first-order chi connectivity index (χ1) is 6.73. The Hall–Kier alpha value is -0.550. The number of hydrogen-bond acceptors (Lipinski definition) is 3. The van der Waals surface area contributed by atoms with Gasteiger partial charge in [0.1, 0.15) is 18.8 Å². The molecule has 15 heavy (non-hydrogen) atoms. The quantitative estimate of drug-likeness (QED) is 0.610. The lowest BCUT2D eigenvalue weighted by Crippen LogP contribution is -2.48. The van der Waals surface area contributed by atoms with Gasteiger partial charge in [0.25, 0.3) is 5.92 Å². The molecule has 2 saturated heterocycles. The van der Waals surface area contributed by atoms with E-state index in [1.165, 1.54) is 0 Å². The zero-order valence-electron chi connectivity index (χ0n) is 9.09. The van der Waals surface area contributed by atoms with Crippen molar-refractivity contribution in [1.82, 2.24) is 4.90 Å². The third kappa shape index (κ3) is 1.58. The van der Waals surface area contributed by atoms with Gasteiger partial charge < -0.3 is 4.74 Å². The summed E-state index contributed by atoms with van der Waals surface area (Å²) in [6.07, 6.45) is -1.25. The van der Waals surface area contributed by atoms with Crippen molar-refractivity contribution in [3.05, 3.63) is 0 Å². The molecule has 0 unspecified atom stereocenters. The van der Waals surface area contributed by atoms with Gasteiger partial charge in [-0.15, -0.1) is 0 Å². The van der Waals surface area contributed by atoms with Gasteiger partial charge in [-0.3, -0.25) is 9.69 Å². The lowest BCUT2D eigenvalue weighted by Gasteiger charge is -2.34. The molecule has 2 rings (SSSR count). The van der Waals surface area contributed by atoms with Crippen LogP contribution >= 0.6 is 0 Å². The summed E-state index contributed by atoms with van der Waals surface area (Å²) in [5.41, 5.74) is -0.438. The Labute approximate surface area is 87.4 Å². The van der Waals surface area contributed by atoms with Gasteiger partial charge in [-0.1, -0.05) is 0 Å². The van der Waals surface area contributed by atoms with Crippen LogP contribution < -0.4 is 0 Å². The fourth-order valence-electron chi connectivity index (χ4n) is 2.28. The van der Waals surface area contributed by atoms with Crippen LogP contribution in [0.4, 0.5) is 8.78 Å². The molecule has 0 amide bonds. The van der Waals surface area contributed by atoms with E-state index in [-0.39, 0.29) is 12.4 Å². The number of nitrogens with zero attached hydrogens (tertiary/aromatic N) is 1. The summed E-state index contributed by atoms with van der Waals surface area (Å²) in [4.78, 5) is 13.0. The monoisotopic (exact) mass is 219 g/mol. The second kappa shape index (κ2) is 2.98. The number of ketones is 1. The van der Waals surface area contributed by atoms with Gasteiger partial charge in [0.05, 0.1) is 6.54 Å². The summed E-state index contributed by atoms with van der Waals surface area (Å²) in [6, 6.07) is -0.764. The van der Waals surface area contributed by atoms with E-state index in [0.29, 0.717) is 0 Å². The minimum atomic E-state index is -2.91. The van der Waals surface area contributed by atoms with E-state index < -0.39 is 30.2 Å². The lowest BCUT2D eigenvalue weighted by molar-refractivity contribution is -0.124. The SMILES string of the molecule is CC(C)(C)N1CC(F)(F)[C@H]2OCC(=O)[C@H]21. The molecule has 2 aliphatic rings. The normalized spacial score (nSPS) is 35.9. The zero-order chi connectivity index (χ0) is 11.4. The van der Waals surface area contributed by atoms with Crippen molar-refractivity contribution in [2.24, 2.45) is 0 Å². The third-order valence-corrected chi connectivity index (χ3v) is 3.02. The summed E-state index contributed by atoms with van der Waals surface area (Å²) >= 11 is 0. The number of ether oxygens (including phenoxy) is 1. The zero-order valence-corrected chi connectivity index (χ0v) is 9.09. The van der Waals surface area contributed by atoms with Crippen LogP contribution in [0.25, 0.3) is 0 Å². The van der Waals surface area contributed by atoms with Crippen LogP contribution in [-0.2, 0) is 9.53 Å². The fourth-order valence-corrected chi connectivity index (χ4v) is 2.28. The van der Waals surface area contributed by atoms with Crippen LogP contribution in [-0.4, -0.2) is 47.4 Å². The Morgan fingerprint density at radius 1 is 1.47 bits per heavy atom. The average Bonchev–Trinajstić information content (AvgIpc) is 2.52. The number of carbonyl (C=O) groups is 1. The Balaban J connectivity index is 2.33. The van der Waals surface area contributed by atoms with Crippen LogP contribution in [0.2, 0.25) is 0 Å². The molecule has 2 atom stereocenters. The highest BCUT2D eigenvalue weighted by Gasteiger charge is 2.62. The summed E-state index contributed by atoms with van der Waals surface area (Å²) in [7, 11) is 0. The number of fused-ring (bicyclic) bond motifs is 1. The van der Waals surface area contributed by atoms with Gasteiger partial charge in [0.2, 0.25) is 0 Å². The van der Waals surface area contributed by atoms with Gasteiger partial charge in [0.15, 0.2) is 5.78 Å². The predicted octanol–water partition coefficient (Wildman–Crippen LogP) is 1.07. The van der Waals surface area contributed by atoms with E-state index >= 15 is 0 Å². The number of halogens is 2. The Morgan fingerprint density at radius 3 is 2.60 bits per heavy atom. The summed E-state index contributed by atoms with van der Waals surface area (Å²) in [5.74, 6) is -3.14. The molecule has 0 aromatic heterocycles. The van der Waals surface area contributed by atoms with Gasteiger partial charge in [-0.05, 0) is 20.8 Å². The van der Waals surface area contributed by atoms with Gasteiger partial charge in [0, 0.05) is 5.54 Å². The molecule has 0 aromatic rings. The average molecular weight is 219 g/mol. The Bertz CT molecular complexity index is 298. The van der Waals surface area contributed by atoms with Crippen molar-refractivity contribution < 1.29 is 18.3 Å². The number of Topliss-reactive ketones (excluding diaryl/α,β-unsaturated/α-hetero) is 1. The van der Waals surface area contributed by atoms with E-state index in [0.717, 1.165) is 0 Å². The van der Waals surface area contributed by atoms with E-state index in [1.807, 2.05) is 20.8 Å². The molecule has 0 aromatic carbocycles. The molecular formula is C10H15F2NO2. The first-order valence-corrected chi connectivity index (χ1v) is 5.02. The predicted molar refractivity (Wildman–Crippen MR) is 49.9 cm³/mol. The van der Waals surface area contributed by atoms with Crippen LogP contribution in [0.3, 0.4) is 0 Å². The number of alkyl halides is 2. The molecule has 0 spiro atoms. The van der Waals surface area contributed by atoms with E-state index in [2.05, 4.69) is 0 Å². The van der Waals surface area contributed by atoms with Crippen LogP contribution in [0, 0.1) is 0 Å². The highest BCUT2D eigenvalue weighted by Crippen LogP contribution is 2.41. The molecule has 0 aliphatic carbocycles. The van der Waals surface area contributed by atoms with Gasteiger partial charge in [-0.25, -0.2) is 8.78 Å². The molecule has 0 bridgehead atoms. The number of hydrogen-bond donors (Lipinski definition) is 0. The molecule has 2 fully saturated rings. The van der Waals surface area contributed by atoms with Crippen LogP contribution in [0.1, 0.15) is 20.8 Å². The number of likely N-dealkylation sites (tertiary alicyclic amines) is 1. The maximum Gasteiger partial charge on any atom is 0.288 e. The molecule has 2 heterocycles. The highest BCUT2D eigenvalue weighted by molar-refractivity contribution is 5.88. The van der Waals surface area contributed by atoms with Crippen molar-refractivity contribution in [3.8, 4) is 0 Å². The highest BCUT2D eigenvalue weighted by atomic mass is 19.3. The standard InChI is InChI=1S/C10H15F2NO2/c1-9(2,3)13-5-10(11,12)8-7(13)6(14)4-15-8/h7-8H,4-5H2,1-3H3/t7-,8+/m1/s1. The minimum Gasteiger partial charge on any atom is -0.362 e. The van der Waals surface area contributed by atoms with Crippen molar-refractivity contribution in [1.29, 1.82) is 0 Å². The molecule has 5 heteroatoms. The maximum absolute atomic E-state index is 13.5. The molecule has 0 radical (unpaired) electrons. The van der Waals surface area contributed by atoms with E-state index in [1.54, 1.807) is 4.90 Å². The third-order valence-electron chi connectivity index (χ3n) is 3.02. The Kier molecular flexibility index (Phi) is 2.18. The van der Waals surface area contributed by atoms with Crippen molar-refractivity contribution in [2.45, 2.75) is 44.4 Å². The first kappa shape index (κ1) is 11.0. The largest absolute Gasteiger partial charge is 0.362 e. The summed E-state index contributed by atoms with van der Waals surface area (Å²) in [5, 5.41) is 0. The van der Waals surface area contributed by atoms with Crippen molar-refractivity contribution in [3.63, 3.8) is 0 Å². The Morgan fingerprint density at radius 2 is 2.07 bits per heavy atom. The second-order valence-electron chi connectivity index (χ2n) is 5.20. The van der Waals surface area contributed by atoms with Gasteiger partial charge in [-0.2, -0.15) is 0 Å². The lowest BCUT2D eigenvalue weighted by atomic mass is 10.0. The maximum atomic E-state index is 13.5. The number of rotatable bonds is 0. The topological polar surface area (TPSA) is 29.5 Å². The molecule has 0 N–H and O–H groups in total. The van der Waals surface area contributed by atoms with Crippen molar-refractivity contribution >= 4 is 5.78 Å². The minimum absolute atomic E-state index is 0.183. The van der Waals surface area contributed by atoms with Crippen molar-refractivity contribution in [2.75, 3.05) is 13.2 Å². The molecular weight excluding hydrogens is 204 g/mol. The van der Waals surface area contributed by atoms with E-state index in [4.69, 9.17) is 4.74 Å². The smallest absolute Gasteiger partial charge is 0.288 e. The molecule has 2 aliphatic heterocycles. The molecule has 86 valence electrons. The second-order valence-corrected chi connectivity index (χ2v) is 5.20.